The Morgan fingerprint density at radius 1 is 1.03 bits per heavy atom. The van der Waals surface area contributed by atoms with Crippen molar-refractivity contribution in [2.45, 2.75) is 6.18 Å². The molecule has 0 bridgehead atoms. The number of aromatic nitrogens is 2. The molecule has 9 heteroatoms. The van der Waals surface area contributed by atoms with Gasteiger partial charge in [0, 0.05) is 17.1 Å². The van der Waals surface area contributed by atoms with Gasteiger partial charge < -0.3 is 11.1 Å². The summed E-state index contributed by atoms with van der Waals surface area (Å²) >= 11 is 1.11. The number of rotatable bonds is 3. The fourth-order valence-corrected chi connectivity index (χ4v) is 3.73. The zero-order valence-electron chi connectivity index (χ0n) is 14.7. The lowest BCUT2D eigenvalue weighted by atomic mass is 10.1. The van der Waals surface area contributed by atoms with E-state index >= 15 is 0 Å². The molecule has 0 atom stereocenters. The Labute approximate surface area is 167 Å². The zero-order chi connectivity index (χ0) is 20.6. The highest BCUT2D eigenvalue weighted by atomic mass is 32.1. The Morgan fingerprint density at radius 3 is 2.45 bits per heavy atom. The molecule has 29 heavy (non-hydrogen) atoms. The lowest BCUT2D eigenvalue weighted by Crippen LogP contribution is -2.13. The molecule has 146 valence electrons. The summed E-state index contributed by atoms with van der Waals surface area (Å²) < 4.78 is 37.9. The number of nitrogens with one attached hydrogen (secondary N) is 1. The molecule has 0 aliphatic rings. The SMILES string of the molecule is Nc1c(C(=O)Nc2ccc(C(F)(F)F)cn2)sc2nc(-c3ccccc3)ccc12. The summed E-state index contributed by atoms with van der Waals surface area (Å²) in [6.07, 6.45) is -3.83. The van der Waals surface area contributed by atoms with Gasteiger partial charge in [-0.25, -0.2) is 9.97 Å². The van der Waals surface area contributed by atoms with Gasteiger partial charge in [0.2, 0.25) is 0 Å². The first-order valence-electron chi connectivity index (χ1n) is 8.42. The number of pyridine rings is 2. The molecular formula is C20H13F3N4OS. The average molecular weight is 414 g/mol. The van der Waals surface area contributed by atoms with Crippen LogP contribution in [0.2, 0.25) is 0 Å². The van der Waals surface area contributed by atoms with E-state index in [0.717, 1.165) is 34.7 Å². The predicted octanol–water partition coefficient (Wildman–Crippen LogP) is 5.21. The van der Waals surface area contributed by atoms with Gasteiger partial charge in [-0.2, -0.15) is 13.2 Å². The molecule has 1 aromatic carbocycles. The Bertz CT molecular complexity index is 1190. The molecule has 0 radical (unpaired) electrons. The lowest BCUT2D eigenvalue weighted by molar-refractivity contribution is -0.137. The minimum absolute atomic E-state index is 0.00205. The third-order valence-corrected chi connectivity index (χ3v) is 5.32. The molecule has 0 fully saturated rings. The first-order chi connectivity index (χ1) is 13.8. The quantitative estimate of drug-likeness (QED) is 0.482. The number of nitrogens with zero attached hydrogens (tertiary/aromatic N) is 2. The van der Waals surface area contributed by atoms with Gasteiger partial charge in [-0.05, 0) is 24.3 Å². The number of carbonyl (C=O) groups excluding carboxylic acids is 1. The molecule has 3 aromatic heterocycles. The maximum atomic E-state index is 12.6. The zero-order valence-corrected chi connectivity index (χ0v) is 15.5. The molecule has 0 saturated heterocycles. The summed E-state index contributed by atoms with van der Waals surface area (Å²) in [5, 5.41) is 3.11. The molecule has 4 aromatic rings. The molecule has 0 unspecified atom stereocenters. The van der Waals surface area contributed by atoms with Crippen molar-refractivity contribution >= 4 is 39.0 Å². The molecular weight excluding hydrogens is 401 g/mol. The monoisotopic (exact) mass is 414 g/mol. The Kier molecular flexibility index (Phi) is 4.67. The van der Waals surface area contributed by atoms with E-state index in [2.05, 4.69) is 15.3 Å². The molecule has 0 aliphatic heterocycles. The lowest BCUT2D eigenvalue weighted by Gasteiger charge is -2.07. The number of carbonyl (C=O) groups is 1. The van der Waals surface area contributed by atoms with Gasteiger partial charge in [-0.1, -0.05) is 30.3 Å². The van der Waals surface area contributed by atoms with Crippen molar-refractivity contribution in [2.75, 3.05) is 11.1 Å². The second-order valence-electron chi connectivity index (χ2n) is 6.14. The van der Waals surface area contributed by atoms with E-state index in [0.29, 0.717) is 16.4 Å². The van der Waals surface area contributed by atoms with Crippen molar-refractivity contribution < 1.29 is 18.0 Å². The van der Waals surface area contributed by atoms with Crippen LogP contribution in [0.25, 0.3) is 21.5 Å². The fraction of sp³-hybridized carbons (Fsp3) is 0.0500. The maximum absolute atomic E-state index is 12.6. The normalized spacial score (nSPS) is 11.6. The van der Waals surface area contributed by atoms with E-state index in [4.69, 9.17) is 5.73 Å². The van der Waals surface area contributed by atoms with Gasteiger partial charge in [0.25, 0.3) is 5.91 Å². The first kappa shape index (κ1) is 18.9. The standard InChI is InChI=1S/C20H13F3N4OS/c21-20(22,23)12-6-9-15(25-10-12)27-18(28)17-16(24)13-7-8-14(26-19(13)29-17)11-4-2-1-3-5-11/h1-10H,24H2,(H,25,27,28). The van der Waals surface area contributed by atoms with Gasteiger partial charge in [0.15, 0.2) is 0 Å². The number of halogens is 3. The number of hydrogen-bond acceptors (Lipinski definition) is 5. The molecule has 1 amide bonds. The number of alkyl halides is 3. The highest BCUT2D eigenvalue weighted by Crippen LogP contribution is 2.35. The van der Waals surface area contributed by atoms with Crippen LogP contribution in [0, 0.1) is 0 Å². The van der Waals surface area contributed by atoms with Crippen molar-refractivity contribution in [1.29, 1.82) is 0 Å². The molecule has 0 spiro atoms. The van der Waals surface area contributed by atoms with Gasteiger partial charge >= 0.3 is 6.18 Å². The Hall–Kier alpha value is -3.46. The van der Waals surface area contributed by atoms with Crippen molar-refractivity contribution in [2.24, 2.45) is 0 Å². The van der Waals surface area contributed by atoms with Crippen LogP contribution in [0.3, 0.4) is 0 Å². The number of thiophene rings is 1. The average Bonchev–Trinajstić information content (AvgIpc) is 3.04. The number of anilines is 2. The van der Waals surface area contributed by atoms with E-state index in [-0.39, 0.29) is 16.4 Å². The Morgan fingerprint density at radius 2 is 1.79 bits per heavy atom. The van der Waals surface area contributed by atoms with E-state index < -0.39 is 17.6 Å². The molecule has 3 N–H and O–H groups in total. The topological polar surface area (TPSA) is 80.9 Å². The van der Waals surface area contributed by atoms with Crippen molar-refractivity contribution in [1.82, 2.24) is 9.97 Å². The summed E-state index contributed by atoms with van der Waals surface area (Å²) in [5.41, 5.74) is 7.15. The molecule has 0 aliphatic carbocycles. The minimum atomic E-state index is -4.49. The molecule has 5 nitrogen and oxygen atoms in total. The van der Waals surface area contributed by atoms with Crippen molar-refractivity contribution in [3.8, 4) is 11.3 Å². The smallest absolute Gasteiger partial charge is 0.397 e. The first-order valence-corrected chi connectivity index (χ1v) is 9.23. The van der Waals surface area contributed by atoms with E-state index in [1.807, 2.05) is 36.4 Å². The van der Waals surface area contributed by atoms with Crippen LogP contribution in [-0.4, -0.2) is 15.9 Å². The highest BCUT2D eigenvalue weighted by Gasteiger charge is 2.30. The number of nitrogen functional groups attached to an aromatic ring is 1. The van der Waals surface area contributed by atoms with Crippen LogP contribution in [0.1, 0.15) is 15.2 Å². The minimum Gasteiger partial charge on any atom is -0.397 e. The number of nitrogens with two attached hydrogens (primary N) is 1. The van der Waals surface area contributed by atoms with Gasteiger partial charge in [-0.15, -0.1) is 11.3 Å². The van der Waals surface area contributed by atoms with E-state index in [1.165, 1.54) is 0 Å². The van der Waals surface area contributed by atoms with Crippen molar-refractivity contribution in [3.63, 3.8) is 0 Å². The van der Waals surface area contributed by atoms with Crippen LogP contribution < -0.4 is 11.1 Å². The van der Waals surface area contributed by atoms with Crippen LogP contribution in [0.4, 0.5) is 24.7 Å². The van der Waals surface area contributed by atoms with E-state index in [1.54, 1.807) is 6.07 Å². The second-order valence-corrected chi connectivity index (χ2v) is 7.14. The fourth-order valence-electron chi connectivity index (χ4n) is 2.74. The Balaban J connectivity index is 1.61. The van der Waals surface area contributed by atoms with Crippen LogP contribution in [0.15, 0.2) is 60.8 Å². The maximum Gasteiger partial charge on any atom is 0.417 e. The number of amides is 1. The number of fused-ring (bicyclic) bond motifs is 1. The molecule has 3 heterocycles. The van der Waals surface area contributed by atoms with Crippen LogP contribution in [0.5, 0.6) is 0 Å². The summed E-state index contributed by atoms with van der Waals surface area (Å²) in [7, 11) is 0. The van der Waals surface area contributed by atoms with Crippen LogP contribution in [-0.2, 0) is 6.18 Å². The number of benzene rings is 1. The summed E-state index contributed by atoms with van der Waals surface area (Å²) in [5.74, 6) is -0.559. The summed E-state index contributed by atoms with van der Waals surface area (Å²) in [6, 6.07) is 15.1. The van der Waals surface area contributed by atoms with Crippen LogP contribution >= 0.6 is 11.3 Å². The van der Waals surface area contributed by atoms with Gasteiger partial charge in [-0.3, -0.25) is 4.79 Å². The molecule has 4 rings (SSSR count). The van der Waals surface area contributed by atoms with Gasteiger partial charge in [0.05, 0.1) is 16.9 Å². The molecule has 0 saturated carbocycles. The largest absolute Gasteiger partial charge is 0.417 e. The summed E-state index contributed by atoms with van der Waals surface area (Å²) in [6.45, 7) is 0. The van der Waals surface area contributed by atoms with Crippen molar-refractivity contribution in [3.05, 3.63) is 71.2 Å². The predicted molar refractivity (Wildman–Crippen MR) is 107 cm³/mol. The highest BCUT2D eigenvalue weighted by molar-refractivity contribution is 7.21. The summed E-state index contributed by atoms with van der Waals surface area (Å²) in [4.78, 5) is 21.6. The third-order valence-electron chi connectivity index (χ3n) is 4.20. The second kappa shape index (κ2) is 7.17. The van der Waals surface area contributed by atoms with E-state index in [9.17, 15) is 18.0 Å². The van der Waals surface area contributed by atoms with Gasteiger partial charge in [0.1, 0.15) is 15.5 Å². The number of hydrogen-bond donors (Lipinski definition) is 2. The third kappa shape index (κ3) is 3.77.